The minimum Gasteiger partial charge on any atom is -0.768 e. The molecule has 4 rings (SSSR count). The predicted molar refractivity (Wildman–Crippen MR) is 103 cm³/mol. The lowest BCUT2D eigenvalue weighted by atomic mass is 10.1. The number of aliphatic hydroxyl groups is 1. The lowest BCUT2D eigenvalue weighted by Crippen LogP contribution is -2.20. The summed E-state index contributed by atoms with van der Waals surface area (Å²) in [5.41, 5.74) is 3.67. The Hall–Kier alpha value is -2.52. The largest absolute Gasteiger partial charge is 0.768 e. The summed E-state index contributed by atoms with van der Waals surface area (Å²) in [6, 6.07) is 11.6. The van der Waals surface area contributed by atoms with Crippen LogP contribution in [0.4, 0.5) is 17.3 Å². The van der Waals surface area contributed by atoms with Crippen molar-refractivity contribution in [3.8, 4) is 11.3 Å². The molecule has 2 aromatic carbocycles. The fourth-order valence-electron chi connectivity index (χ4n) is 2.91. The molecule has 0 saturated carbocycles. The van der Waals surface area contributed by atoms with Gasteiger partial charge >= 0.3 is 0 Å². The van der Waals surface area contributed by atoms with Crippen LogP contribution in [0.2, 0.25) is 5.02 Å². The number of nitrogens with one attached hydrogen (secondary N) is 2. The van der Waals surface area contributed by atoms with E-state index in [9.17, 15) is 13.9 Å². The highest BCUT2D eigenvalue weighted by atomic mass is 35.5. The summed E-state index contributed by atoms with van der Waals surface area (Å²) < 4.78 is 21.9. The van der Waals surface area contributed by atoms with Gasteiger partial charge in [-0.25, -0.2) is 9.97 Å². The summed E-state index contributed by atoms with van der Waals surface area (Å²) in [6.45, 7) is 0. The summed E-state index contributed by atoms with van der Waals surface area (Å²) in [6.07, 6.45) is 1.25. The third-order valence-corrected chi connectivity index (χ3v) is 5.03. The summed E-state index contributed by atoms with van der Waals surface area (Å²) >= 11 is 3.80. The van der Waals surface area contributed by atoms with E-state index in [4.69, 9.17) is 11.6 Å². The smallest absolute Gasteiger partial charge is 0.227 e. The molecule has 0 spiro atoms. The number of halogens is 1. The summed E-state index contributed by atoms with van der Waals surface area (Å²) in [4.78, 5) is 9.10. The van der Waals surface area contributed by atoms with E-state index in [0.29, 0.717) is 34.5 Å². The SMILES string of the molecule is O=S([O-])c1ccc(Nc2ncc3c(n2)-c2ccc(Cl)cc2NC(O)C3)cc1. The number of anilines is 3. The fourth-order valence-corrected chi connectivity index (χ4v) is 3.44. The van der Waals surface area contributed by atoms with Gasteiger partial charge in [0.05, 0.1) is 5.69 Å². The first-order chi connectivity index (χ1) is 13.0. The number of fused-ring (bicyclic) bond motifs is 3. The minimum absolute atomic E-state index is 0.203. The topological polar surface area (TPSA) is 110 Å². The van der Waals surface area contributed by atoms with E-state index >= 15 is 0 Å². The van der Waals surface area contributed by atoms with Crippen molar-refractivity contribution in [2.45, 2.75) is 17.5 Å². The molecule has 0 saturated heterocycles. The van der Waals surface area contributed by atoms with Gasteiger partial charge < -0.3 is 20.3 Å². The fraction of sp³-hybridized carbons (Fsp3) is 0.111. The van der Waals surface area contributed by atoms with E-state index in [1.807, 2.05) is 6.07 Å². The zero-order valence-electron chi connectivity index (χ0n) is 13.8. The molecule has 2 heterocycles. The highest BCUT2D eigenvalue weighted by molar-refractivity contribution is 7.79. The van der Waals surface area contributed by atoms with E-state index in [-0.39, 0.29) is 4.90 Å². The van der Waals surface area contributed by atoms with Gasteiger partial charge in [0.25, 0.3) is 0 Å². The van der Waals surface area contributed by atoms with Gasteiger partial charge in [0.15, 0.2) is 0 Å². The van der Waals surface area contributed by atoms with Gasteiger partial charge in [-0.15, -0.1) is 0 Å². The Kier molecular flexibility index (Phi) is 4.79. The highest BCUT2D eigenvalue weighted by Crippen LogP contribution is 2.35. The van der Waals surface area contributed by atoms with Gasteiger partial charge in [-0.2, -0.15) is 0 Å². The average molecular weight is 402 g/mol. The standard InChI is InChI=1S/C18H15ClN4O3S/c19-11-1-6-14-15(8-11)22-16(24)7-10-9-20-18(23-17(10)14)21-12-2-4-13(5-3-12)27(25)26/h1-6,8-9,16,22,24H,7H2,(H,25,26)(H,20,21,23)/p-1. The van der Waals surface area contributed by atoms with Crippen molar-refractivity contribution in [3.63, 3.8) is 0 Å². The molecule has 0 radical (unpaired) electrons. The van der Waals surface area contributed by atoms with Gasteiger partial charge in [-0.05, 0) is 53.5 Å². The van der Waals surface area contributed by atoms with Crippen LogP contribution in [0.25, 0.3) is 11.3 Å². The quantitative estimate of drug-likeness (QED) is 0.578. The van der Waals surface area contributed by atoms with Crippen LogP contribution in [-0.2, 0) is 17.5 Å². The second-order valence-electron chi connectivity index (χ2n) is 6.01. The van der Waals surface area contributed by atoms with Crippen LogP contribution in [0.5, 0.6) is 0 Å². The molecule has 0 aliphatic carbocycles. The van der Waals surface area contributed by atoms with Gasteiger partial charge in [0.1, 0.15) is 6.23 Å². The number of hydrogen-bond acceptors (Lipinski definition) is 7. The van der Waals surface area contributed by atoms with Crippen molar-refractivity contribution >= 4 is 40.0 Å². The molecule has 3 aromatic rings. The molecule has 0 bridgehead atoms. The lowest BCUT2D eigenvalue weighted by Gasteiger charge is -2.12. The number of hydrogen-bond donors (Lipinski definition) is 3. The number of nitrogens with zero attached hydrogens (tertiary/aromatic N) is 2. The molecular weight excluding hydrogens is 388 g/mol. The van der Waals surface area contributed by atoms with Gasteiger partial charge in [-0.3, -0.25) is 4.21 Å². The molecule has 0 fully saturated rings. The van der Waals surface area contributed by atoms with Crippen LogP contribution >= 0.6 is 11.6 Å². The van der Waals surface area contributed by atoms with Crippen LogP contribution in [-0.4, -0.2) is 30.1 Å². The first-order valence-corrected chi connectivity index (χ1v) is 9.52. The molecule has 1 aliphatic rings. The second kappa shape index (κ2) is 7.24. The molecular formula is C18H14ClN4O3S-. The van der Waals surface area contributed by atoms with Crippen LogP contribution in [0, 0.1) is 0 Å². The summed E-state index contributed by atoms with van der Waals surface area (Å²) in [5, 5.41) is 16.8. The molecule has 27 heavy (non-hydrogen) atoms. The van der Waals surface area contributed by atoms with Crippen molar-refractivity contribution in [1.29, 1.82) is 0 Å². The molecule has 9 heteroatoms. The third-order valence-electron chi connectivity index (χ3n) is 4.14. The van der Waals surface area contributed by atoms with Gasteiger partial charge in [0, 0.05) is 45.0 Å². The lowest BCUT2D eigenvalue weighted by molar-refractivity contribution is 0.205. The number of rotatable bonds is 3. The van der Waals surface area contributed by atoms with Crippen molar-refractivity contribution in [1.82, 2.24) is 9.97 Å². The van der Waals surface area contributed by atoms with Gasteiger partial charge in [-0.1, -0.05) is 11.6 Å². The normalized spacial score (nSPS) is 16.5. The highest BCUT2D eigenvalue weighted by Gasteiger charge is 2.21. The monoisotopic (exact) mass is 401 g/mol. The minimum atomic E-state index is -2.27. The summed E-state index contributed by atoms with van der Waals surface area (Å²) in [7, 11) is 0. The van der Waals surface area contributed by atoms with E-state index in [0.717, 1.165) is 11.1 Å². The molecule has 1 aliphatic heterocycles. The van der Waals surface area contributed by atoms with Gasteiger partial charge in [0.2, 0.25) is 5.95 Å². The van der Waals surface area contributed by atoms with Crippen LogP contribution in [0.1, 0.15) is 5.56 Å². The van der Waals surface area contributed by atoms with Crippen molar-refractivity contribution in [2.75, 3.05) is 10.6 Å². The Labute approximate surface area is 162 Å². The molecule has 1 aromatic heterocycles. The maximum absolute atomic E-state index is 11.0. The predicted octanol–water partition coefficient (Wildman–Crippen LogP) is 3.07. The zero-order chi connectivity index (χ0) is 19.0. The van der Waals surface area contributed by atoms with Crippen LogP contribution < -0.4 is 10.6 Å². The second-order valence-corrected chi connectivity index (χ2v) is 7.38. The van der Waals surface area contributed by atoms with E-state index in [1.54, 1.807) is 30.5 Å². The Morgan fingerprint density at radius 3 is 2.78 bits per heavy atom. The number of benzene rings is 2. The first-order valence-electron chi connectivity index (χ1n) is 8.06. The number of aliphatic hydroxyl groups excluding tert-OH is 1. The maximum Gasteiger partial charge on any atom is 0.227 e. The van der Waals surface area contributed by atoms with Crippen molar-refractivity contribution < 1.29 is 13.9 Å². The average Bonchev–Trinajstić information content (AvgIpc) is 2.77. The maximum atomic E-state index is 11.0. The molecule has 2 unspecified atom stereocenters. The van der Waals surface area contributed by atoms with Crippen molar-refractivity contribution in [3.05, 3.63) is 59.2 Å². The Bertz CT molecular complexity index is 1030. The molecule has 7 nitrogen and oxygen atoms in total. The van der Waals surface area contributed by atoms with E-state index in [1.165, 1.54) is 12.1 Å². The Balaban J connectivity index is 1.70. The molecule has 0 amide bonds. The van der Waals surface area contributed by atoms with Crippen molar-refractivity contribution in [2.24, 2.45) is 0 Å². The molecule has 138 valence electrons. The van der Waals surface area contributed by atoms with E-state index < -0.39 is 17.3 Å². The first kappa shape index (κ1) is 17.9. The summed E-state index contributed by atoms with van der Waals surface area (Å²) in [5.74, 6) is 0.363. The zero-order valence-corrected chi connectivity index (χ0v) is 15.4. The van der Waals surface area contributed by atoms with E-state index in [2.05, 4.69) is 20.6 Å². The Morgan fingerprint density at radius 2 is 2.04 bits per heavy atom. The Morgan fingerprint density at radius 1 is 1.26 bits per heavy atom. The molecule has 2 atom stereocenters. The molecule has 3 N–H and O–H groups in total. The van der Waals surface area contributed by atoms with Crippen LogP contribution in [0.3, 0.4) is 0 Å². The third kappa shape index (κ3) is 3.79. The number of aromatic nitrogens is 2. The van der Waals surface area contributed by atoms with Crippen LogP contribution in [0.15, 0.2) is 53.6 Å².